The van der Waals surface area contributed by atoms with Gasteiger partial charge in [0.25, 0.3) is 0 Å². The molecule has 78 valence electrons. The van der Waals surface area contributed by atoms with Gasteiger partial charge in [0, 0.05) is 12.6 Å². The summed E-state index contributed by atoms with van der Waals surface area (Å²) in [5, 5.41) is 3.62. The van der Waals surface area contributed by atoms with Gasteiger partial charge in [0.05, 0.1) is 0 Å². The maximum absolute atomic E-state index is 3.62. The molecule has 0 radical (unpaired) electrons. The number of hydrogen-bond acceptors (Lipinski definition) is 1. The number of hydrogen-bond donors (Lipinski definition) is 1. The molecule has 1 saturated carbocycles. The van der Waals surface area contributed by atoms with E-state index in [1.54, 1.807) is 5.57 Å². The summed E-state index contributed by atoms with van der Waals surface area (Å²) in [6.07, 6.45) is 13.5. The van der Waals surface area contributed by atoms with E-state index in [4.69, 9.17) is 0 Å². The predicted molar refractivity (Wildman–Crippen MR) is 61.3 cm³/mol. The lowest BCUT2D eigenvalue weighted by Gasteiger charge is -2.15. The van der Waals surface area contributed by atoms with Gasteiger partial charge in [0.1, 0.15) is 0 Å². The quantitative estimate of drug-likeness (QED) is 0.659. The van der Waals surface area contributed by atoms with Crippen molar-refractivity contribution < 1.29 is 0 Å². The molecule has 0 aromatic heterocycles. The van der Waals surface area contributed by atoms with Gasteiger partial charge >= 0.3 is 0 Å². The standard InChI is InChI=1S/C13H21N/c1-11(9-12-7-8-12)14-10-13-5-3-2-4-6-13/h2-3,6,11-12,14H,4-5,7-10H2,1H3. The summed E-state index contributed by atoms with van der Waals surface area (Å²) >= 11 is 0. The van der Waals surface area contributed by atoms with Crippen molar-refractivity contribution in [2.45, 2.75) is 45.1 Å². The van der Waals surface area contributed by atoms with Crippen LogP contribution in [0.1, 0.15) is 39.0 Å². The molecule has 0 saturated heterocycles. The van der Waals surface area contributed by atoms with E-state index in [0.29, 0.717) is 6.04 Å². The van der Waals surface area contributed by atoms with E-state index >= 15 is 0 Å². The van der Waals surface area contributed by atoms with E-state index in [9.17, 15) is 0 Å². The molecule has 0 spiro atoms. The molecule has 0 aromatic carbocycles. The SMILES string of the molecule is CC(CC1CC1)NCC1=CCC=CC1. The third-order valence-electron chi connectivity index (χ3n) is 3.15. The van der Waals surface area contributed by atoms with Gasteiger partial charge < -0.3 is 5.32 Å². The summed E-state index contributed by atoms with van der Waals surface area (Å²) < 4.78 is 0. The molecule has 1 unspecified atom stereocenters. The molecule has 2 aliphatic rings. The predicted octanol–water partition coefficient (Wildman–Crippen LogP) is 3.04. The molecule has 0 aromatic rings. The highest BCUT2D eigenvalue weighted by atomic mass is 14.9. The molecule has 1 heteroatoms. The fourth-order valence-corrected chi connectivity index (χ4v) is 2.04. The van der Waals surface area contributed by atoms with Crippen molar-refractivity contribution in [2.75, 3.05) is 6.54 Å². The van der Waals surface area contributed by atoms with Crippen LogP contribution in [0.25, 0.3) is 0 Å². The van der Waals surface area contributed by atoms with Gasteiger partial charge in [-0.25, -0.2) is 0 Å². The van der Waals surface area contributed by atoms with Crippen LogP contribution in [0.3, 0.4) is 0 Å². The van der Waals surface area contributed by atoms with Gasteiger partial charge in [0.2, 0.25) is 0 Å². The highest BCUT2D eigenvalue weighted by Crippen LogP contribution is 2.33. The van der Waals surface area contributed by atoms with E-state index in [2.05, 4.69) is 30.5 Å². The first-order chi connectivity index (χ1) is 6.84. The Morgan fingerprint density at radius 3 is 2.93 bits per heavy atom. The van der Waals surface area contributed by atoms with Crippen LogP contribution >= 0.6 is 0 Å². The molecular weight excluding hydrogens is 170 g/mol. The van der Waals surface area contributed by atoms with E-state index in [-0.39, 0.29) is 0 Å². The van der Waals surface area contributed by atoms with Crippen LogP contribution in [0.15, 0.2) is 23.8 Å². The van der Waals surface area contributed by atoms with E-state index in [1.165, 1.54) is 19.3 Å². The molecule has 1 nitrogen and oxygen atoms in total. The Bertz CT molecular complexity index is 236. The average molecular weight is 191 g/mol. The van der Waals surface area contributed by atoms with Crippen LogP contribution in [-0.2, 0) is 0 Å². The number of allylic oxidation sites excluding steroid dienone is 3. The fourth-order valence-electron chi connectivity index (χ4n) is 2.04. The third-order valence-corrected chi connectivity index (χ3v) is 3.15. The van der Waals surface area contributed by atoms with Crippen molar-refractivity contribution in [1.29, 1.82) is 0 Å². The summed E-state index contributed by atoms with van der Waals surface area (Å²) in [5.41, 5.74) is 1.56. The van der Waals surface area contributed by atoms with Crippen LogP contribution in [-0.4, -0.2) is 12.6 Å². The lowest BCUT2D eigenvalue weighted by molar-refractivity contribution is 0.504. The fraction of sp³-hybridized carbons (Fsp3) is 0.692. The van der Waals surface area contributed by atoms with Crippen molar-refractivity contribution in [3.63, 3.8) is 0 Å². The van der Waals surface area contributed by atoms with E-state index in [1.807, 2.05) is 0 Å². The Morgan fingerprint density at radius 1 is 1.43 bits per heavy atom. The molecule has 0 bridgehead atoms. The van der Waals surface area contributed by atoms with Crippen molar-refractivity contribution >= 4 is 0 Å². The Balaban J connectivity index is 1.62. The largest absolute Gasteiger partial charge is 0.311 e. The second kappa shape index (κ2) is 4.79. The smallest absolute Gasteiger partial charge is 0.0170 e. The molecule has 2 rings (SSSR count). The van der Waals surface area contributed by atoms with Crippen LogP contribution in [0.4, 0.5) is 0 Å². The van der Waals surface area contributed by atoms with Crippen LogP contribution in [0.5, 0.6) is 0 Å². The maximum Gasteiger partial charge on any atom is 0.0170 e. The Morgan fingerprint density at radius 2 is 2.29 bits per heavy atom. The first-order valence-electron chi connectivity index (χ1n) is 5.91. The van der Waals surface area contributed by atoms with Gasteiger partial charge in [-0.2, -0.15) is 0 Å². The van der Waals surface area contributed by atoms with Gasteiger partial charge in [0.15, 0.2) is 0 Å². The Labute approximate surface area is 87.3 Å². The van der Waals surface area contributed by atoms with Gasteiger partial charge in [-0.1, -0.05) is 36.6 Å². The van der Waals surface area contributed by atoms with Crippen LogP contribution in [0.2, 0.25) is 0 Å². The normalized spacial score (nSPS) is 23.4. The lowest BCUT2D eigenvalue weighted by atomic mass is 10.1. The minimum absolute atomic E-state index is 0.703. The summed E-state index contributed by atoms with van der Waals surface area (Å²) in [7, 11) is 0. The lowest BCUT2D eigenvalue weighted by Crippen LogP contribution is -2.28. The maximum atomic E-state index is 3.62. The Hall–Kier alpha value is -0.560. The minimum atomic E-state index is 0.703. The Kier molecular flexibility index (Phi) is 3.41. The first-order valence-corrected chi connectivity index (χ1v) is 5.91. The van der Waals surface area contributed by atoms with Crippen LogP contribution < -0.4 is 5.32 Å². The second-order valence-corrected chi connectivity index (χ2v) is 4.73. The highest BCUT2D eigenvalue weighted by molar-refractivity contribution is 5.16. The van der Waals surface area contributed by atoms with Crippen LogP contribution in [0, 0.1) is 5.92 Å². The monoisotopic (exact) mass is 191 g/mol. The molecule has 1 fully saturated rings. The number of rotatable bonds is 5. The molecule has 0 heterocycles. The highest BCUT2D eigenvalue weighted by Gasteiger charge is 2.23. The third kappa shape index (κ3) is 3.30. The summed E-state index contributed by atoms with van der Waals surface area (Å²) in [6.45, 7) is 3.41. The van der Waals surface area contributed by atoms with Crippen molar-refractivity contribution in [2.24, 2.45) is 5.92 Å². The zero-order valence-electron chi connectivity index (χ0n) is 9.13. The molecule has 0 amide bonds. The molecule has 2 aliphatic carbocycles. The van der Waals surface area contributed by atoms with Crippen molar-refractivity contribution in [3.05, 3.63) is 23.8 Å². The molecule has 0 aliphatic heterocycles. The topological polar surface area (TPSA) is 12.0 Å². The van der Waals surface area contributed by atoms with E-state index < -0.39 is 0 Å². The molecule has 1 N–H and O–H groups in total. The van der Waals surface area contributed by atoms with Crippen molar-refractivity contribution in [3.8, 4) is 0 Å². The zero-order valence-corrected chi connectivity index (χ0v) is 9.13. The van der Waals surface area contributed by atoms with Gasteiger partial charge in [-0.3, -0.25) is 0 Å². The average Bonchev–Trinajstić information content (AvgIpc) is 3.00. The summed E-state index contributed by atoms with van der Waals surface area (Å²) in [5.74, 6) is 1.04. The van der Waals surface area contributed by atoms with Crippen molar-refractivity contribution in [1.82, 2.24) is 5.32 Å². The molecule has 14 heavy (non-hydrogen) atoms. The summed E-state index contributed by atoms with van der Waals surface area (Å²) in [4.78, 5) is 0. The number of nitrogens with one attached hydrogen (secondary N) is 1. The minimum Gasteiger partial charge on any atom is -0.311 e. The van der Waals surface area contributed by atoms with E-state index in [0.717, 1.165) is 25.3 Å². The van der Waals surface area contributed by atoms with Gasteiger partial charge in [-0.05, 0) is 32.1 Å². The van der Waals surface area contributed by atoms with Gasteiger partial charge in [-0.15, -0.1) is 0 Å². The second-order valence-electron chi connectivity index (χ2n) is 4.73. The summed E-state index contributed by atoms with van der Waals surface area (Å²) in [6, 6.07) is 0.703. The first kappa shape index (κ1) is 9.97. The molecule has 1 atom stereocenters. The molecular formula is C13H21N. The zero-order chi connectivity index (χ0) is 9.80.